The van der Waals surface area contributed by atoms with Gasteiger partial charge in [0.05, 0.1) is 19.8 Å². The van der Waals surface area contributed by atoms with E-state index >= 15 is 0 Å². The van der Waals surface area contributed by atoms with Gasteiger partial charge >= 0.3 is 12.5 Å². The van der Waals surface area contributed by atoms with E-state index in [1.165, 1.54) is 19.2 Å². The monoisotopic (exact) mass is 291 g/mol. The number of nitrogens with one attached hydrogen (secondary N) is 1. The van der Waals surface area contributed by atoms with E-state index in [-0.39, 0.29) is 12.4 Å². The van der Waals surface area contributed by atoms with Crippen molar-refractivity contribution in [3.8, 4) is 11.5 Å². The summed E-state index contributed by atoms with van der Waals surface area (Å²) in [4.78, 5) is 11.2. The largest absolute Gasteiger partial charge is 0.573 e. The Kier molecular flexibility index (Phi) is 3.91. The van der Waals surface area contributed by atoms with E-state index in [1.807, 2.05) is 0 Å². The first-order chi connectivity index (χ1) is 9.39. The first-order valence-corrected chi connectivity index (χ1v) is 5.76. The molecule has 2 rings (SSSR count). The minimum Gasteiger partial charge on any atom is -0.496 e. The highest BCUT2D eigenvalue weighted by Gasteiger charge is 2.32. The van der Waals surface area contributed by atoms with Crippen LogP contribution in [0, 0.1) is 0 Å². The van der Waals surface area contributed by atoms with Crippen molar-refractivity contribution in [3.05, 3.63) is 23.8 Å². The number of carbonyl (C=O) groups excluding carboxylic acids is 1. The van der Waals surface area contributed by atoms with Gasteiger partial charge in [0.1, 0.15) is 11.5 Å². The van der Waals surface area contributed by atoms with E-state index in [9.17, 15) is 18.0 Å². The zero-order chi connectivity index (χ0) is 14.8. The molecule has 0 aromatic heterocycles. The summed E-state index contributed by atoms with van der Waals surface area (Å²) in [6.45, 7) is 0.185. The molecule has 1 amide bonds. The maximum Gasteiger partial charge on any atom is 0.573 e. The van der Waals surface area contributed by atoms with Crippen LogP contribution in [0.4, 0.5) is 18.0 Å². The number of rotatable bonds is 3. The molecule has 20 heavy (non-hydrogen) atoms. The molecule has 110 valence electrons. The minimum atomic E-state index is -4.77. The number of carbonyl (C=O) groups is 1. The standard InChI is InChI=1S/C12H12F3NO4/c1-18-10-3-2-7(20-12(13,14)15)6-8(10)9-4-5-19-11(17)16-9/h2-3,6,9H,4-5H2,1H3,(H,16,17)/t9-/m0/s1. The molecule has 8 heteroatoms. The highest BCUT2D eigenvalue weighted by molar-refractivity contribution is 5.69. The second kappa shape index (κ2) is 5.48. The van der Waals surface area contributed by atoms with E-state index in [2.05, 4.69) is 10.1 Å². The molecular formula is C12H12F3NO4. The smallest absolute Gasteiger partial charge is 0.496 e. The van der Waals surface area contributed by atoms with Gasteiger partial charge in [0, 0.05) is 12.0 Å². The molecule has 1 fully saturated rings. The zero-order valence-corrected chi connectivity index (χ0v) is 10.5. The number of alkyl carbamates (subject to hydrolysis) is 1. The molecule has 0 unspecified atom stereocenters. The van der Waals surface area contributed by atoms with Crippen LogP contribution in [-0.2, 0) is 4.74 Å². The average molecular weight is 291 g/mol. The molecular weight excluding hydrogens is 279 g/mol. The van der Waals surface area contributed by atoms with E-state index in [4.69, 9.17) is 9.47 Å². The Hall–Kier alpha value is -2.12. The molecule has 1 aliphatic rings. The molecule has 1 heterocycles. The van der Waals surface area contributed by atoms with Crippen LogP contribution in [0.25, 0.3) is 0 Å². The van der Waals surface area contributed by atoms with Gasteiger partial charge in [-0.3, -0.25) is 0 Å². The maximum atomic E-state index is 12.2. The third-order valence-corrected chi connectivity index (χ3v) is 2.74. The van der Waals surface area contributed by atoms with Gasteiger partial charge in [0.2, 0.25) is 0 Å². The van der Waals surface area contributed by atoms with Crippen molar-refractivity contribution < 1.29 is 32.2 Å². The van der Waals surface area contributed by atoms with Gasteiger partial charge in [-0.25, -0.2) is 4.79 Å². The van der Waals surface area contributed by atoms with Crippen molar-refractivity contribution in [2.24, 2.45) is 0 Å². The van der Waals surface area contributed by atoms with Gasteiger partial charge in [-0.15, -0.1) is 13.2 Å². The third kappa shape index (κ3) is 3.46. The summed E-state index contributed by atoms with van der Waals surface area (Å²) in [5.41, 5.74) is 0.408. The van der Waals surface area contributed by atoms with Gasteiger partial charge in [0.15, 0.2) is 0 Å². The molecule has 1 aromatic rings. The van der Waals surface area contributed by atoms with Gasteiger partial charge in [-0.05, 0) is 18.2 Å². The van der Waals surface area contributed by atoms with Crippen molar-refractivity contribution in [1.82, 2.24) is 5.32 Å². The number of cyclic esters (lactones) is 1. The van der Waals surface area contributed by atoms with Crippen molar-refractivity contribution in [3.63, 3.8) is 0 Å². The van der Waals surface area contributed by atoms with Crippen molar-refractivity contribution in [2.45, 2.75) is 18.8 Å². The average Bonchev–Trinajstić information content (AvgIpc) is 2.37. The summed E-state index contributed by atoms with van der Waals surface area (Å²) < 4.78 is 50.3. The van der Waals surface area contributed by atoms with Crippen molar-refractivity contribution in [2.75, 3.05) is 13.7 Å². The number of alkyl halides is 3. The fourth-order valence-electron chi connectivity index (χ4n) is 1.94. The molecule has 0 spiro atoms. The lowest BCUT2D eigenvalue weighted by atomic mass is 10.0. The molecule has 1 aliphatic heterocycles. The normalized spacial score (nSPS) is 19.0. The van der Waals surface area contributed by atoms with E-state index in [0.29, 0.717) is 17.7 Å². The molecule has 0 aliphatic carbocycles. The Morgan fingerprint density at radius 3 is 2.75 bits per heavy atom. The van der Waals surface area contributed by atoms with E-state index in [0.717, 1.165) is 6.07 Å². The maximum absolute atomic E-state index is 12.2. The lowest BCUT2D eigenvalue weighted by Gasteiger charge is -2.25. The van der Waals surface area contributed by atoms with Crippen molar-refractivity contribution in [1.29, 1.82) is 0 Å². The number of methoxy groups -OCH3 is 1. The Morgan fingerprint density at radius 2 is 2.15 bits per heavy atom. The second-order valence-corrected chi connectivity index (χ2v) is 4.07. The first-order valence-electron chi connectivity index (χ1n) is 5.76. The van der Waals surface area contributed by atoms with Crippen LogP contribution < -0.4 is 14.8 Å². The van der Waals surface area contributed by atoms with Gasteiger partial charge < -0.3 is 19.5 Å². The predicted molar refractivity (Wildman–Crippen MR) is 61.5 cm³/mol. The number of benzene rings is 1. The van der Waals surface area contributed by atoms with Crippen LogP contribution >= 0.6 is 0 Å². The van der Waals surface area contributed by atoms with Gasteiger partial charge in [-0.2, -0.15) is 0 Å². The second-order valence-electron chi connectivity index (χ2n) is 4.07. The van der Waals surface area contributed by atoms with Crippen LogP contribution in [0.15, 0.2) is 18.2 Å². The number of ether oxygens (including phenoxy) is 3. The van der Waals surface area contributed by atoms with Gasteiger partial charge in [-0.1, -0.05) is 0 Å². The minimum absolute atomic E-state index is 0.185. The molecule has 1 saturated heterocycles. The summed E-state index contributed by atoms with van der Waals surface area (Å²) >= 11 is 0. The molecule has 0 radical (unpaired) electrons. The molecule has 1 atom stereocenters. The molecule has 0 bridgehead atoms. The summed E-state index contributed by atoms with van der Waals surface area (Å²) in [5, 5.41) is 2.52. The number of halogens is 3. The van der Waals surface area contributed by atoms with Crippen LogP contribution in [-0.4, -0.2) is 26.2 Å². The summed E-state index contributed by atoms with van der Waals surface area (Å²) in [5.74, 6) is 0.000709. The van der Waals surface area contributed by atoms with Gasteiger partial charge in [0.25, 0.3) is 0 Å². The van der Waals surface area contributed by atoms with E-state index < -0.39 is 18.5 Å². The quantitative estimate of drug-likeness (QED) is 0.930. The topological polar surface area (TPSA) is 56.8 Å². The molecule has 5 nitrogen and oxygen atoms in total. The fraction of sp³-hybridized carbons (Fsp3) is 0.417. The Bertz CT molecular complexity index is 504. The molecule has 1 N–H and O–H groups in total. The summed E-state index contributed by atoms with van der Waals surface area (Å²) in [6, 6.07) is 3.22. The predicted octanol–water partition coefficient (Wildman–Crippen LogP) is 2.76. The third-order valence-electron chi connectivity index (χ3n) is 2.74. The summed E-state index contributed by atoms with van der Waals surface area (Å²) in [6.07, 6.45) is -4.96. The molecule has 1 aromatic carbocycles. The Labute approximate surface area is 112 Å². The fourth-order valence-corrected chi connectivity index (χ4v) is 1.94. The van der Waals surface area contributed by atoms with Crippen LogP contribution in [0.3, 0.4) is 0 Å². The Balaban J connectivity index is 2.28. The molecule has 0 saturated carbocycles. The SMILES string of the molecule is COc1ccc(OC(F)(F)F)cc1[C@@H]1CCOC(=O)N1. The van der Waals surface area contributed by atoms with Crippen LogP contribution in [0.1, 0.15) is 18.0 Å². The number of hydrogen-bond donors (Lipinski definition) is 1. The highest BCUT2D eigenvalue weighted by Crippen LogP contribution is 2.34. The van der Waals surface area contributed by atoms with Crippen LogP contribution in [0.2, 0.25) is 0 Å². The number of hydrogen-bond acceptors (Lipinski definition) is 4. The van der Waals surface area contributed by atoms with Crippen LogP contribution in [0.5, 0.6) is 11.5 Å². The van der Waals surface area contributed by atoms with Crippen molar-refractivity contribution >= 4 is 6.09 Å². The lowest BCUT2D eigenvalue weighted by molar-refractivity contribution is -0.274. The highest BCUT2D eigenvalue weighted by atomic mass is 19.4. The lowest BCUT2D eigenvalue weighted by Crippen LogP contribution is -2.35. The Morgan fingerprint density at radius 1 is 1.40 bits per heavy atom. The summed E-state index contributed by atoms with van der Waals surface area (Å²) in [7, 11) is 1.39. The first kappa shape index (κ1) is 14.3. The zero-order valence-electron chi connectivity index (χ0n) is 10.5. The van der Waals surface area contributed by atoms with E-state index in [1.54, 1.807) is 0 Å². The number of amides is 1.